The third kappa shape index (κ3) is 4.79. The quantitative estimate of drug-likeness (QED) is 0.808. The van der Waals surface area contributed by atoms with Gasteiger partial charge in [0.05, 0.1) is 13.0 Å². The fourth-order valence-corrected chi connectivity index (χ4v) is 2.13. The second-order valence-corrected chi connectivity index (χ2v) is 5.59. The number of hydrogen-bond donors (Lipinski definition) is 2. The minimum absolute atomic E-state index is 0.0772. The second kappa shape index (κ2) is 7.13. The van der Waals surface area contributed by atoms with Crippen molar-refractivity contribution in [3.05, 3.63) is 52.5 Å². The fourth-order valence-electron chi connectivity index (χ4n) is 1.77. The minimum Gasteiger partial charge on any atom is -0.493 e. The van der Waals surface area contributed by atoms with E-state index in [1.807, 2.05) is 25.1 Å². The lowest BCUT2D eigenvalue weighted by atomic mass is 10.2. The molecule has 2 rings (SSSR count). The molecule has 0 heterocycles. The largest absolute Gasteiger partial charge is 0.493 e. The van der Waals surface area contributed by atoms with Crippen LogP contribution in [0.15, 0.2) is 46.9 Å². The first-order valence-electron chi connectivity index (χ1n) is 6.59. The van der Waals surface area contributed by atoms with Crippen molar-refractivity contribution in [1.29, 1.82) is 0 Å². The second-order valence-electron chi connectivity index (χ2n) is 4.67. The fraction of sp³-hybridized carbons (Fsp3) is 0.188. The average molecular weight is 349 g/mol. The predicted octanol–water partition coefficient (Wildman–Crippen LogP) is 3.75. The number of nitrogens with one attached hydrogen (secondary N) is 1. The summed E-state index contributed by atoms with van der Waals surface area (Å²) in [7, 11) is 0. The van der Waals surface area contributed by atoms with Crippen molar-refractivity contribution in [3.8, 4) is 5.75 Å². The van der Waals surface area contributed by atoms with Gasteiger partial charge in [-0.15, -0.1) is 0 Å². The summed E-state index contributed by atoms with van der Waals surface area (Å²) < 4.78 is 6.43. The van der Waals surface area contributed by atoms with E-state index in [1.165, 1.54) is 0 Å². The topological polar surface area (TPSA) is 64.3 Å². The third-order valence-electron chi connectivity index (χ3n) is 2.95. The number of rotatable bonds is 5. The number of carbonyl (C=O) groups excluding carboxylic acids is 1. The lowest BCUT2D eigenvalue weighted by molar-refractivity contribution is -0.116. The number of amides is 1. The van der Waals surface area contributed by atoms with Crippen molar-refractivity contribution >= 4 is 33.2 Å². The molecule has 110 valence electrons. The van der Waals surface area contributed by atoms with Crippen molar-refractivity contribution in [2.75, 3.05) is 17.7 Å². The first-order valence-corrected chi connectivity index (χ1v) is 7.38. The molecule has 0 bridgehead atoms. The van der Waals surface area contributed by atoms with Gasteiger partial charge in [0.15, 0.2) is 0 Å². The molecule has 2 aromatic carbocycles. The standard InChI is InChI=1S/C16H17BrN2O2/c1-11-2-3-12(17)10-15(11)19-16(20)8-9-21-14-6-4-13(18)5-7-14/h2-7,10H,8-9,18H2,1H3,(H,19,20). The Balaban J connectivity index is 1.82. The van der Waals surface area contributed by atoms with Gasteiger partial charge in [0.2, 0.25) is 5.91 Å². The van der Waals surface area contributed by atoms with Crippen molar-refractivity contribution in [2.45, 2.75) is 13.3 Å². The number of nitrogens with two attached hydrogens (primary N) is 1. The normalized spacial score (nSPS) is 10.2. The number of halogens is 1. The number of ether oxygens (including phenoxy) is 1. The Labute approximate surface area is 132 Å². The summed E-state index contributed by atoms with van der Waals surface area (Å²) in [5, 5.41) is 2.88. The number of aryl methyl sites for hydroxylation is 1. The van der Waals surface area contributed by atoms with Crippen LogP contribution >= 0.6 is 15.9 Å². The molecular formula is C16H17BrN2O2. The first kappa shape index (κ1) is 15.4. The van der Waals surface area contributed by atoms with Gasteiger partial charge in [-0.2, -0.15) is 0 Å². The van der Waals surface area contributed by atoms with Crippen molar-refractivity contribution < 1.29 is 9.53 Å². The van der Waals surface area contributed by atoms with Crippen LogP contribution in [0, 0.1) is 6.92 Å². The predicted molar refractivity (Wildman–Crippen MR) is 88.5 cm³/mol. The van der Waals surface area contributed by atoms with E-state index in [-0.39, 0.29) is 12.3 Å². The van der Waals surface area contributed by atoms with Gasteiger partial charge in [-0.05, 0) is 48.9 Å². The van der Waals surface area contributed by atoms with Gasteiger partial charge in [-0.25, -0.2) is 0 Å². The maximum absolute atomic E-state index is 11.9. The molecule has 0 radical (unpaired) electrons. The van der Waals surface area contributed by atoms with Crippen LogP contribution in [0.25, 0.3) is 0 Å². The van der Waals surface area contributed by atoms with Crippen LogP contribution in [0.4, 0.5) is 11.4 Å². The molecule has 0 aliphatic heterocycles. The van der Waals surface area contributed by atoms with Gasteiger partial charge < -0.3 is 15.8 Å². The van der Waals surface area contributed by atoms with Gasteiger partial charge in [0.25, 0.3) is 0 Å². The smallest absolute Gasteiger partial charge is 0.227 e. The monoisotopic (exact) mass is 348 g/mol. The van der Waals surface area contributed by atoms with Crippen LogP contribution in [0.1, 0.15) is 12.0 Å². The average Bonchev–Trinajstić information content (AvgIpc) is 2.45. The number of carbonyl (C=O) groups is 1. The summed E-state index contributed by atoms with van der Waals surface area (Å²) in [5.41, 5.74) is 8.10. The molecule has 0 fully saturated rings. The molecule has 1 amide bonds. The number of nitrogen functional groups attached to an aromatic ring is 1. The Morgan fingerprint density at radius 3 is 2.67 bits per heavy atom. The van der Waals surface area contributed by atoms with Gasteiger partial charge in [-0.3, -0.25) is 4.79 Å². The lowest BCUT2D eigenvalue weighted by Crippen LogP contribution is -2.15. The van der Waals surface area contributed by atoms with E-state index in [0.717, 1.165) is 15.7 Å². The molecule has 4 nitrogen and oxygen atoms in total. The molecule has 2 aromatic rings. The zero-order chi connectivity index (χ0) is 15.2. The molecule has 5 heteroatoms. The van der Waals surface area contributed by atoms with Crippen LogP contribution in [-0.4, -0.2) is 12.5 Å². The van der Waals surface area contributed by atoms with E-state index in [2.05, 4.69) is 21.2 Å². The highest BCUT2D eigenvalue weighted by molar-refractivity contribution is 9.10. The summed E-state index contributed by atoms with van der Waals surface area (Å²) in [6, 6.07) is 12.9. The molecule has 0 spiro atoms. The van der Waals surface area contributed by atoms with E-state index >= 15 is 0 Å². The van der Waals surface area contributed by atoms with E-state index in [0.29, 0.717) is 18.0 Å². The Bertz CT molecular complexity index is 627. The number of benzene rings is 2. The Hall–Kier alpha value is -2.01. The van der Waals surface area contributed by atoms with Gasteiger partial charge >= 0.3 is 0 Å². The molecule has 21 heavy (non-hydrogen) atoms. The SMILES string of the molecule is Cc1ccc(Br)cc1NC(=O)CCOc1ccc(N)cc1. The van der Waals surface area contributed by atoms with Crippen LogP contribution in [-0.2, 0) is 4.79 Å². The summed E-state index contributed by atoms with van der Waals surface area (Å²) in [4.78, 5) is 11.9. The minimum atomic E-state index is -0.0772. The zero-order valence-corrected chi connectivity index (χ0v) is 13.3. The van der Waals surface area contributed by atoms with Gasteiger partial charge in [0.1, 0.15) is 5.75 Å². The number of hydrogen-bond acceptors (Lipinski definition) is 3. The Kier molecular flexibility index (Phi) is 5.22. The van der Waals surface area contributed by atoms with Gasteiger partial charge in [0, 0.05) is 15.8 Å². The maximum Gasteiger partial charge on any atom is 0.227 e. The Morgan fingerprint density at radius 2 is 1.95 bits per heavy atom. The van der Waals surface area contributed by atoms with Crippen LogP contribution < -0.4 is 15.8 Å². The molecule has 0 aliphatic carbocycles. The molecule has 0 aliphatic rings. The van der Waals surface area contributed by atoms with E-state index < -0.39 is 0 Å². The third-order valence-corrected chi connectivity index (χ3v) is 3.44. The molecule has 0 aromatic heterocycles. The molecule has 0 unspecified atom stereocenters. The highest BCUT2D eigenvalue weighted by atomic mass is 79.9. The summed E-state index contributed by atoms with van der Waals surface area (Å²) in [6.45, 7) is 2.27. The highest BCUT2D eigenvalue weighted by Gasteiger charge is 2.06. The van der Waals surface area contributed by atoms with Crippen molar-refractivity contribution in [2.24, 2.45) is 0 Å². The van der Waals surface area contributed by atoms with Crippen LogP contribution in [0.5, 0.6) is 5.75 Å². The zero-order valence-electron chi connectivity index (χ0n) is 11.7. The summed E-state index contributed by atoms with van der Waals surface area (Å²) in [5.74, 6) is 0.627. The van der Waals surface area contributed by atoms with E-state index in [4.69, 9.17) is 10.5 Å². The number of anilines is 2. The van der Waals surface area contributed by atoms with E-state index in [9.17, 15) is 4.79 Å². The van der Waals surface area contributed by atoms with Crippen molar-refractivity contribution in [3.63, 3.8) is 0 Å². The molecular weight excluding hydrogens is 332 g/mol. The van der Waals surface area contributed by atoms with Crippen LogP contribution in [0.2, 0.25) is 0 Å². The summed E-state index contributed by atoms with van der Waals surface area (Å²) >= 11 is 3.39. The maximum atomic E-state index is 11.9. The first-order chi connectivity index (χ1) is 10.0. The lowest BCUT2D eigenvalue weighted by Gasteiger charge is -2.10. The van der Waals surface area contributed by atoms with Crippen molar-refractivity contribution in [1.82, 2.24) is 0 Å². The Morgan fingerprint density at radius 1 is 1.24 bits per heavy atom. The molecule has 0 saturated carbocycles. The van der Waals surface area contributed by atoms with Crippen LogP contribution in [0.3, 0.4) is 0 Å². The molecule has 0 atom stereocenters. The van der Waals surface area contributed by atoms with Gasteiger partial charge in [-0.1, -0.05) is 22.0 Å². The molecule has 0 saturated heterocycles. The van der Waals surface area contributed by atoms with E-state index in [1.54, 1.807) is 24.3 Å². The summed E-state index contributed by atoms with van der Waals surface area (Å²) in [6.07, 6.45) is 0.288. The molecule has 3 N–H and O–H groups in total. The highest BCUT2D eigenvalue weighted by Crippen LogP contribution is 2.20.